The lowest BCUT2D eigenvalue weighted by atomic mass is 10.5. The van der Waals surface area contributed by atoms with Gasteiger partial charge in [0, 0.05) is 12.3 Å². The van der Waals surface area contributed by atoms with Gasteiger partial charge in [-0.25, -0.2) is 13.1 Å². The van der Waals surface area contributed by atoms with Crippen LogP contribution in [0.5, 0.6) is 0 Å². The molecule has 0 atom stereocenters. The third-order valence-corrected chi connectivity index (χ3v) is 3.66. The first kappa shape index (κ1) is 12.7. The number of sulfone groups is 1. The molecule has 0 saturated heterocycles. The van der Waals surface area contributed by atoms with E-state index in [1.165, 1.54) is 0 Å². The second-order valence-electron chi connectivity index (χ2n) is 4.31. The highest BCUT2D eigenvalue weighted by molar-refractivity contribution is 7.91. The zero-order valence-corrected chi connectivity index (χ0v) is 10.6. The molecule has 0 amide bonds. The van der Waals surface area contributed by atoms with Crippen molar-refractivity contribution in [2.75, 3.05) is 17.3 Å². The summed E-state index contributed by atoms with van der Waals surface area (Å²) in [6.45, 7) is -0.472. The van der Waals surface area contributed by atoms with E-state index >= 15 is 0 Å². The lowest BCUT2D eigenvalue weighted by Crippen LogP contribution is -2.13. The van der Waals surface area contributed by atoms with Crippen molar-refractivity contribution < 1.29 is 18.3 Å². The van der Waals surface area contributed by atoms with Gasteiger partial charge in [-0.15, -0.1) is 0 Å². The second-order valence-corrected chi connectivity index (χ2v) is 6.26. The summed E-state index contributed by atoms with van der Waals surface area (Å²) in [5.41, 5.74) is 5.65. The summed E-state index contributed by atoms with van der Waals surface area (Å²) in [4.78, 5) is 10.5. The quantitative estimate of drug-likeness (QED) is 0.662. The zero-order valence-electron chi connectivity index (χ0n) is 9.75. The van der Waals surface area contributed by atoms with E-state index in [0.29, 0.717) is 0 Å². The highest BCUT2D eigenvalue weighted by Crippen LogP contribution is 2.31. The Morgan fingerprint density at radius 3 is 2.67 bits per heavy atom. The summed E-state index contributed by atoms with van der Waals surface area (Å²) in [7, 11) is -3.56. The lowest BCUT2D eigenvalue weighted by molar-refractivity contribution is -0.137. The Bertz CT molecular complexity index is 588. The molecule has 0 unspecified atom stereocenters. The maximum atomic E-state index is 11.7. The Morgan fingerprint density at radius 1 is 1.61 bits per heavy atom. The van der Waals surface area contributed by atoms with Crippen LogP contribution in [0.15, 0.2) is 4.90 Å². The van der Waals surface area contributed by atoms with Crippen LogP contribution in [0.4, 0.5) is 11.6 Å². The SMILES string of the molecule is CS(=O)(=O)c1c(NC2CC2)nn(CC(=O)O)c1N. The third kappa shape index (κ3) is 2.55. The van der Waals surface area contributed by atoms with Crippen LogP contribution in [0.3, 0.4) is 0 Å². The number of hydrogen-bond acceptors (Lipinski definition) is 6. The number of aliphatic carboxylic acids is 1. The van der Waals surface area contributed by atoms with Gasteiger partial charge in [0.05, 0.1) is 0 Å². The van der Waals surface area contributed by atoms with Gasteiger partial charge in [0.1, 0.15) is 12.4 Å². The number of aromatic nitrogens is 2. The van der Waals surface area contributed by atoms with E-state index in [2.05, 4.69) is 10.4 Å². The van der Waals surface area contributed by atoms with Crippen LogP contribution in [-0.2, 0) is 21.2 Å². The number of nitrogens with zero attached hydrogens (tertiary/aromatic N) is 2. The smallest absolute Gasteiger partial charge is 0.325 e. The minimum atomic E-state index is -3.56. The van der Waals surface area contributed by atoms with Crippen molar-refractivity contribution in [3.8, 4) is 0 Å². The lowest BCUT2D eigenvalue weighted by Gasteiger charge is -2.02. The third-order valence-electron chi connectivity index (χ3n) is 2.52. The Hall–Kier alpha value is -1.77. The van der Waals surface area contributed by atoms with E-state index < -0.39 is 22.4 Å². The first-order chi connectivity index (χ1) is 8.29. The van der Waals surface area contributed by atoms with Crippen LogP contribution in [0.2, 0.25) is 0 Å². The summed E-state index contributed by atoms with van der Waals surface area (Å²) in [5.74, 6) is -1.15. The molecule has 0 aromatic carbocycles. The van der Waals surface area contributed by atoms with Crippen LogP contribution in [0, 0.1) is 0 Å². The van der Waals surface area contributed by atoms with Crippen LogP contribution >= 0.6 is 0 Å². The maximum Gasteiger partial charge on any atom is 0.325 e. The summed E-state index contributed by atoms with van der Waals surface area (Å²) in [6, 6.07) is 0.193. The van der Waals surface area contributed by atoms with Crippen molar-refractivity contribution in [1.82, 2.24) is 9.78 Å². The van der Waals surface area contributed by atoms with Gasteiger partial charge in [-0.1, -0.05) is 0 Å². The number of carboxylic acid groups (broad SMARTS) is 1. The fraction of sp³-hybridized carbons (Fsp3) is 0.556. The maximum absolute atomic E-state index is 11.7. The number of hydrogen-bond donors (Lipinski definition) is 3. The molecule has 0 aliphatic heterocycles. The number of nitrogen functional groups attached to an aromatic ring is 1. The highest BCUT2D eigenvalue weighted by Gasteiger charge is 2.29. The number of carbonyl (C=O) groups is 1. The molecule has 1 heterocycles. The first-order valence-corrected chi connectivity index (χ1v) is 7.23. The van der Waals surface area contributed by atoms with Crippen LogP contribution < -0.4 is 11.1 Å². The number of anilines is 2. The highest BCUT2D eigenvalue weighted by atomic mass is 32.2. The minimum absolute atomic E-state index is 0.129. The van der Waals surface area contributed by atoms with Gasteiger partial charge in [0.15, 0.2) is 20.6 Å². The molecule has 1 aliphatic rings. The van der Waals surface area contributed by atoms with Gasteiger partial charge >= 0.3 is 5.97 Å². The molecular weight excluding hydrogens is 260 g/mol. The summed E-state index contributed by atoms with van der Waals surface area (Å²) >= 11 is 0. The molecule has 1 aliphatic carbocycles. The molecule has 18 heavy (non-hydrogen) atoms. The molecule has 100 valence electrons. The number of rotatable bonds is 5. The second kappa shape index (κ2) is 4.16. The van der Waals surface area contributed by atoms with Gasteiger partial charge < -0.3 is 16.2 Å². The van der Waals surface area contributed by atoms with E-state index in [1.807, 2.05) is 0 Å². The molecular formula is C9H14N4O4S. The molecule has 1 fully saturated rings. The van der Waals surface area contributed by atoms with E-state index in [-0.39, 0.29) is 22.6 Å². The minimum Gasteiger partial charge on any atom is -0.480 e. The molecule has 1 saturated carbocycles. The molecule has 9 heteroatoms. The van der Waals surface area contributed by atoms with E-state index in [0.717, 1.165) is 23.8 Å². The van der Waals surface area contributed by atoms with E-state index in [4.69, 9.17) is 10.8 Å². The van der Waals surface area contributed by atoms with Crippen molar-refractivity contribution in [2.24, 2.45) is 0 Å². The van der Waals surface area contributed by atoms with Gasteiger partial charge in [0.2, 0.25) is 0 Å². The fourth-order valence-corrected chi connectivity index (χ4v) is 2.52. The largest absolute Gasteiger partial charge is 0.480 e. The average Bonchev–Trinajstić information content (AvgIpc) is 2.91. The van der Waals surface area contributed by atoms with Crippen LogP contribution in [0.25, 0.3) is 0 Å². The van der Waals surface area contributed by atoms with E-state index in [1.54, 1.807) is 0 Å². The molecule has 0 bridgehead atoms. The van der Waals surface area contributed by atoms with Crippen LogP contribution in [-0.4, -0.2) is 41.6 Å². The Kier molecular flexibility index (Phi) is 2.93. The first-order valence-electron chi connectivity index (χ1n) is 5.33. The Balaban J connectivity index is 2.45. The van der Waals surface area contributed by atoms with Crippen molar-refractivity contribution in [3.05, 3.63) is 0 Å². The van der Waals surface area contributed by atoms with Crippen LogP contribution in [0.1, 0.15) is 12.8 Å². The average molecular weight is 274 g/mol. The molecule has 0 radical (unpaired) electrons. The molecule has 2 rings (SSSR count). The fourth-order valence-electron chi connectivity index (χ4n) is 1.59. The molecule has 1 aromatic heterocycles. The van der Waals surface area contributed by atoms with Gasteiger partial charge in [0.25, 0.3) is 0 Å². The topological polar surface area (TPSA) is 127 Å². The van der Waals surface area contributed by atoms with E-state index in [9.17, 15) is 13.2 Å². The van der Waals surface area contributed by atoms with Gasteiger partial charge in [-0.05, 0) is 12.8 Å². The molecule has 0 spiro atoms. The van der Waals surface area contributed by atoms with Crippen molar-refractivity contribution in [2.45, 2.75) is 30.3 Å². The van der Waals surface area contributed by atoms with Crippen molar-refractivity contribution >= 4 is 27.4 Å². The Labute approximate surface area is 104 Å². The number of carboxylic acids is 1. The normalized spacial score (nSPS) is 15.6. The van der Waals surface area contributed by atoms with Gasteiger partial charge in [-0.3, -0.25) is 4.79 Å². The standard InChI is InChI=1S/C9H14N4O4S/c1-18(16,17)7-8(10)13(4-6(14)15)12-9(7)11-5-2-3-5/h5H,2-4,10H2,1H3,(H,11,12)(H,14,15). The van der Waals surface area contributed by atoms with Crippen molar-refractivity contribution in [3.63, 3.8) is 0 Å². The summed E-state index contributed by atoms with van der Waals surface area (Å²) < 4.78 is 24.3. The Morgan fingerprint density at radius 2 is 2.22 bits per heavy atom. The monoisotopic (exact) mass is 274 g/mol. The number of nitrogens with one attached hydrogen (secondary N) is 1. The predicted octanol–water partition coefficient (Wildman–Crippen LogP) is -0.472. The summed E-state index contributed by atoms with van der Waals surface area (Å²) in [5, 5.41) is 15.6. The molecule has 4 N–H and O–H groups in total. The molecule has 1 aromatic rings. The zero-order chi connectivity index (χ0) is 13.5. The van der Waals surface area contributed by atoms with Gasteiger partial charge in [-0.2, -0.15) is 5.10 Å². The number of nitrogens with two attached hydrogens (primary N) is 1. The predicted molar refractivity (Wildman–Crippen MR) is 64.0 cm³/mol. The van der Waals surface area contributed by atoms with Crippen molar-refractivity contribution in [1.29, 1.82) is 0 Å². The molecule has 8 nitrogen and oxygen atoms in total. The summed E-state index contributed by atoms with van der Waals surface area (Å²) in [6.07, 6.45) is 2.90.